The summed E-state index contributed by atoms with van der Waals surface area (Å²) in [7, 11) is 0. The fourth-order valence-electron chi connectivity index (χ4n) is 3.84. The van der Waals surface area contributed by atoms with Crippen molar-refractivity contribution in [2.24, 2.45) is 0 Å². The van der Waals surface area contributed by atoms with Gasteiger partial charge in [-0.15, -0.1) is 0 Å². The summed E-state index contributed by atoms with van der Waals surface area (Å²) in [4.78, 5) is 27.1. The van der Waals surface area contributed by atoms with Crippen LogP contribution in [0.1, 0.15) is 41.4 Å². The zero-order chi connectivity index (χ0) is 21.3. The smallest absolute Gasteiger partial charge is 0.259 e. The van der Waals surface area contributed by atoms with E-state index in [4.69, 9.17) is 0 Å². The van der Waals surface area contributed by atoms with Crippen molar-refractivity contribution in [1.29, 1.82) is 0 Å². The first-order chi connectivity index (χ1) is 14.5. The summed E-state index contributed by atoms with van der Waals surface area (Å²) in [6.45, 7) is 7.71. The molecule has 2 amide bonds. The summed E-state index contributed by atoms with van der Waals surface area (Å²) in [6.07, 6.45) is 0. The number of nitrogens with one attached hydrogen (secondary N) is 1. The number of hydrogen-bond donors (Lipinski definition) is 1. The monoisotopic (exact) mass is 396 g/mol. The largest absolute Gasteiger partial charge is 0.348 e. The van der Waals surface area contributed by atoms with Gasteiger partial charge in [0.1, 0.15) is 6.04 Å². The summed E-state index contributed by atoms with van der Waals surface area (Å²) >= 11 is 0. The van der Waals surface area contributed by atoms with Crippen molar-refractivity contribution < 1.29 is 9.59 Å². The van der Waals surface area contributed by atoms with Crippen LogP contribution in [0, 0.1) is 0 Å². The fraction of sp³-hybridized carbons (Fsp3) is 0.154. The Kier molecular flexibility index (Phi) is 5.23. The van der Waals surface area contributed by atoms with E-state index in [-0.39, 0.29) is 17.9 Å². The van der Waals surface area contributed by atoms with Gasteiger partial charge in [-0.05, 0) is 36.6 Å². The van der Waals surface area contributed by atoms with E-state index in [1.165, 1.54) is 4.90 Å². The summed E-state index contributed by atoms with van der Waals surface area (Å²) in [5.41, 5.74) is 5.23. The molecule has 3 aromatic carbocycles. The van der Waals surface area contributed by atoms with Gasteiger partial charge in [-0.25, -0.2) is 0 Å². The predicted molar refractivity (Wildman–Crippen MR) is 120 cm³/mol. The summed E-state index contributed by atoms with van der Waals surface area (Å²) < 4.78 is 0. The molecule has 4 rings (SSSR count). The Morgan fingerprint density at radius 1 is 0.833 bits per heavy atom. The van der Waals surface area contributed by atoms with Crippen molar-refractivity contribution >= 4 is 17.5 Å². The van der Waals surface area contributed by atoms with Gasteiger partial charge in [-0.3, -0.25) is 14.5 Å². The fourth-order valence-corrected chi connectivity index (χ4v) is 3.84. The highest BCUT2D eigenvalue weighted by molar-refractivity contribution is 6.10. The first-order valence-electron chi connectivity index (χ1n) is 10.0. The van der Waals surface area contributed by atoms with Crippen LogP contribution >= 0.6 is 0 Å². The van der Waals surface area contributed by atoms with Crippen LogP contribution in [-0.4, -0.2) is 22.8 Å². The maximum absolute atomic E-state index is 12.9. The van der Waals surface area contributed by atoms with Crippen molar-refractivity contribution in [3.05, 3.63) is 102 Å². The normalized spacial score (nSPS) is 14.9. The van der Waals surface area contributed by atoms with Crippen molar-refractivity contribution in [1.82, 2.24) is 10.2 Å². The molecule has 4 heteroatoms. The Hall–Kier alpha value is -3.66. The van der Waals surface area contributed by atoms with E-state index in [2.05, 4.69) is 36.2 Å². The quantitative estimate of drug-likeness (QED) is 0.656. The van der Waals surface area contributed by atoms with Crippen LogP contribution in [-0.2, 0) is 4.79 Å². The standard InChI is InChI=1S/C26H24N2O2/c1-17(20-13-15-22(16-14-20)21-9-5-4-6-10-21)27-25(29)19(3)28-18(2)23-11-7-8-12-24(23)26(28)30/h4-17,19H,2H2,1,3H3,(H,27,29)/t17-,19-/m0/s1. The molecule has 4 nitrogen and oxygen atoms in total. The first kappa shape index (κ1) is 19.6. The molecule has 0 aliphatic carbocycles. The average Bonchev–Trinajstić information content (AvgIpc) is 3.04. The number of fused-ring (bicyclic) bond motifs is 1. The minimum atomic E-state index is -0.650. The van der Waals surface area contributed by atoms with Gasteiger partial charge in [0.2, 0.25) is 5.91 Å². The third kappa shape index (κ3) is 3.52. The van der Waals surface area contributed by atoms with Gasteiger partial charge >= 0.3 is 0 Å². The van der Waals surface area contributed by atoms with Crippen molar-refractivity contribution in [2.45, 2.75) is 25.9 Å². The Balaban J connectivity index is 1.45. The van der Waals surface area contributed by atoms with E-state index in [1.807, 2.05) is 55.5 Å². The Bertz CT molecular complexity index is 1070. The lowest BCUT2D eigenvalue weighted by Gasteiger charge is -2.26. The maximum Gasteiger partial charge on any atom is 0.259 e. The number of hydrogen-bond acceptors (Lipinski definition) is 2. The van der Waals surface area contributed by atoms with E-state index < -0.39 is 6.04 Å². The van der Waals surface area contributed by atoms with Crippen LogP contribution in [0.25, 0.3) is 16.8 Å². The molecule has 3 aromatic rings. The number of rotatable bonds is 5. The third-order valence-corrected chi connectivity index (χ3v) is 5.62. The highest BCUT2D eigenvalue weighted by Gasteiger charge is 2.36. The van der Waals surface area contributed by atoms with Crippen LogP contribution in [0.2, 0.25) is 0 Å². The van der Waals surface area contributed by atoms with Crippen LogP contribution in [0.4, 0.5) is 0 Å². The van der Waals surface area contributed by atoms with Crippen LogP contribution in [0.15, 0.2) is 85.4 Å². The van der Waals surface area contributed by atoms with E-state index in [0.717, 1.165) is 22.3 Å². The molecule has 0 fully saturated rings. The lowest BCUT2D eigenvalue weighted by Crippen LogP contribution is -2.45. The molecule has 0 saturated heterocycles. The second kappa shape index (κ2) is 7.99. The summed E-state index contributed by atoms with van der Waals surface area (Å²) in [5, 5.41) is 3.03. The van der Waals surface area contributed by atoms with Crippen LogP contribution in [0.5, 0.6) is 0 Å². The van der Waals surface area contributed by atoms with Gasteiger partial charge in [-0.2, -0.15) is 0 Å². The molecule has 0 bridgehead atoms. The van der Waals surface area contributed by atoms with Gasteiger partial charge in [0.25, 0.3) is 5.91 Å². The van der Waals surface area contributed by atoms with Crippen LogP contribution in [0.3, 0.4) is 0 Å². The summed E-state index contributed by atoms with van der Waals surface area (Å²) in [6, 6.07) is 24.8. The lowest BCUT2D eigenvalue weighted by atomic mass is 10.0. The molecule has 0 saturated carbocycles. The van der Waals surface area contributed by atoms with E-state index >= 15 is 0 Å². The average molecular weight is 396 g/mol. The molecule has 1 aliphatic rings. The topological polar surface area (TPSA) is 49.4 Å². The predicted octanol–water partition coefficient (Wildman–Crippen LogP) is 5.05. The molecule has 30 heavy (non-hydrogen) atoms. The molecule has 2 atom stereocenters. The van der Waals surface area contributed by atoms with Gasteiger partial charge in [0.15, 0.2) is 0 Å². The zero-order valence-corrected chi connectivity index (χ0v) is 17.1. The van der Waals surface area contributed by atoms with Crippen molar-refractivity contribution in [3.63, 3.8) is 0 Å². The SMILES string of the molecule is C=C1c2ccccc2C(=O)N1[C@@H](C)C(=O)N[C@@H](C)c1ccc(-c2ccccc2)cc1. The lowest BCUT2D eigenvalue weighted by molar-refractivity contribution is -0.124. The zero-order valence-electron chi connectivity index (χ0n) is 17.1. The highest BCUT2D eigenvalue weighted by Crippen LogP contribution is 2.33. The molecule has 1 N–H and O–H groups in total. The number of amides is 2. The molecule has 0 radical (unpaired) electrons. The maximum atomic E-state index is 12.9. The number of nitrogens with zero attached hydrogens (tertiary/aromatic N) is 1. The van der Waals surface area contributed by atoms with Gasteiger partial charge in [-0.1, -0.05) is 79.4 Å². The number of benzene rings is 3. The molecule has 0 spiro atoms. The molecular formula is C26H24N2O2. The molecule has 1 heterocycles. The second-order valence-electron chi connectivity index (χ2n) is 7.56. The van der Waals surface area contributed by atoms with E-state index in [0.29, 0.717) is 11.3 Å². The van der Waals surface area contributed by atoms with Crippen molar-refractivity contribution in [3.8, 4) is 11.1 Å². The first-order valence-corrected chi connectivity index (χ1v) is 10.0. The number of carbonyl (C=O) groups is 2. The molecule has 0 unspecified atom stereocenters. The van der Waals surface area contributed by atoms with E-state index in [1.54, 1.807) is 13.0 Å². The minimum Gasteiger partial charge on any atom is -0.348 e. The highest BCUT2D eigenvalue weighted by atomic mass is 16.2. The van der Waals surface area contributed by atoms with Gasteiger partial charge < -0.3 is 5.32 Å². The molecule has 1 aliphatic heterocycles. The Labute approximate surface area is 176 Å². The molecule has 150 valence electrons. The Morgan fingerprint density at radius 3 is 2.03 bits per heavy atom. The minimum absolute atomic E-state index is 0.182. The van der Waals surface area contributed by atoms with Gasteiger partial charge in [0, 0.05) is 16.8 Å². The molecule has 0 aromatic heterocycles. The Morgan fingerprint density at radius 2 is 1.40 bits per heavy atom. The summed E-state index contributed by atoms with van der Waals surface area (Å²) in [5.74, 6) is -0.393. The second-order valence-corrected chi connectivity index (χ2v) is 7.56. The third-order valence-electron chi connectivity index (χ3n) is 5.62. The van der Waals surface area contributed by atoms with Crippen molar-refractivity contribution in [2.75, 3.05) is 0 Å². The van der Waals surface area contributed by atoms with Gasteiger partial charge in [0.05, 0.1) is 6.04 Å². The molecular weight excluding hydrogens is 372 g/mol. The van der Waals surface area contributed by atoms with E-state index in [9.17, 15) is 9.59 Å². The van der Waals surface area contributed by atoms with Crippen LogP contribution < -0.4 is 5.32 Å². The number of carbonyl (C=O) groups excluding carboxylic acids is 2.